The van der Waals surface area contributed by atoms with Crippen molar-refractivity contribution < 1.29 is 18.3 Å². The van der Waals surface area contributed by atoms with Gasteiger partial charge in [-0.15, -0.1) is 16.9 Å². The highest BCUT2D eigenvalue weighted by molar-refractivity contribution is 7.99. The fourth-order valence-corrected chi connectivity index (χ4v) is 2.60. The summed E-state index contributed by atoms with van der Waals surface area (Å²) in [5.41, 5.74) is 0.0556. The lowest BCUT2D eigenvalue weighted by Gasteiger charge is -2.08. The molecule has 0 radical (unpaired) electrons. The quantitative estimate of drug-likeness (QED) is 0.832. The van der Waals surface area contributed by atoms with Crippen LogP contribution in [0.1, 0.15) is 11.3 Å². The van der Waals surface area contributed by atoms with E-state index in [0.29, 0.717) is 29.3 Å². The fourth-order valence-electron chi connectivity index (χ4n) is 1.70. The molecule has 1 aromatic heterocycles. The topological polar surface area (TPSA) is 50.9 Å². The van der Waals surface area contributed by atoms with E-state index >= 15 is 0 Å². The van der Waals surface area contributed by atoms with E-state index in [1.807, 2.05) is 0 Å². The van der Waals surface area contributed by atoms with Gasteiger partial charge < -0.3 is 5.11 Å². The highest BCUT2D eigenvalue weighted by Gasteiger charge is 2.30. The van der Waals surface area contributed by atoms with Crippen molar-refractivity contribution in [2.45, 2.75) is 24.0 Å². The Bertz CT molecular complexity index is 586. The second kappa shape index (κ2) is 6.95. The van der Waals surface area contributed by atoms with Gasteiger partial charge in [-0.1, -0.05) is 11.3 Å². The number of nitrogens with zero attached hydrogens (tertiary/aromatic N) is 3. The van der Waals surface area contributed by atoms with Gasteiger partial charge in [-0.05, 0) is 18.2 Å². The minimum absolute atomic E-state index is 0.0116. The number of thioether (sulfide) groups is 1. The zero-order valence-corrected chi connectivity index (χ0v) is 11.9. The third kappa shape index (κ3) is 4.75. The maximum absolute atomic E-state index is 12.6. The molecule has 1 aromatic carbocycles. The lowest BCUT2D eigenvalue weighted by Crippen LogP contribution is -2.05. The molecule has 2 aromatic rings. The average molecular weight is 317 g/mol. The van der Waals surface area contributed by atoms with Gasteiger partial charge in [-0.3, -0.25) is 4.68 Å². The van der Waals surface area contributed by atoms with Crippen LogP contribution in [-0.2, 0) is 19.1 Å². The van der Waals surface area contributed by atoms with Crippen LogP contribution < -0.4 is 0 Å². The standard InChI is InChI=1S/C13H14F3N3OS/c14-13(15,16)10-2-1-3-12(8-10)21-7-5-19-9-11(4-6-20)17-18-19/h1-3,8-9,20H,4-7H2. The van der Waals surface area contributed by atoms with Crippen molar-refractivity contribution in [2.75, 3.05) is 12.4 Å². The molecule has 0 saturated heterocycles. The first-order chi connectivity index (χ1) is 9.99. The summed E-state index contributed by atoms with van der Waals surface area (Å²) in [5.74, 6) is 0.587. The molecule has 0 saturated carbocycles. The largest absolute Gasteiger partial charge is 0.416 e. The zero-order valence-electron chi connectivity index (χ0n) is 11.0. The van der Waals surface area contributed by atoms with E-state index in [-0.39, 0.29) is 6.61 Å². The molecule has 0 atom stereocenters. The number of halogens is 3. The smallest absolute Gasteiger partial charge is 0.396 e. The number of alkyl halides is 3. The van der Waals surface area contributed by atoms with Crippen molar-refractivity contribution in [1.82, 2.24) is 15.0 Å². The van der Waals surface area contributed by atoms with Crippen LogP contribution in [0, 0.1) is 0 Å². The third-order valence-corrected chi connectivity index (χ3v) is 3.68. The Morgan fingerprint density at radius 3 is 2.81 bits per heavy atom. The second-order valence-corrected chi connectivity index (χ2v) is 5.49. The number of aryl methyl sites for hydroxylation is 1. The Morgan fingerprint density at radius 1 is 1.29 bits per heavy atom. The molecule has 8 heteroatoms. The van der Waals surface area contributed by atoms with Gasteiger partial charge in [0.15, 0.2) is 0 Å². The van der Waals surface area contributed by atoms with Crippen LogP contribution in [0.3, 0.4) is 0 Å². The molecule has 0 fully saturated rings. The number of rotatable bonds is 6. The van der Waals surface area contributed by atoms with Gasteiger partial charge >= 0.3 is 6.18 Å². The van der Waals surface area contributed by atoms with Crippen molar-refractivity contribution >= 4 is 11.8 Å². The summed E-state index contributed by atoms with van der Waals surface area (Å²) in [4.78, 5) is 0.570. The van der Waals surface area contributed by atoms with Gasteiger partial charge in [0, 0.05) is 29.9 Å². The van der Waals surface area contributed by atoms with Crippen molar-refractivity contribution in [3.63, 3.8) is 0 Å². The minimum Gasteiger partial charge on any atom is -0.396 e. The number of aliphatic hydroxyl groups is 1. The molecule has 0 aliphatic rings. The van der Waals surface area contributed by atoms with Crippen LogP contribution in [0.2, 0.25) is 0 Å². The Labute approximate surface area is 124 Å². The summed E-state index contributed by atoms with van der Waals surface area (Å²) in [6, 6.07) is 5.25. The summed E-state index contributed by atoms with van der Waals surface area (Å²) in [6.45, 7) is 0.553. The Balaban J connectivity index is 1.88. The minimum atomic E-state index is -4.32. The molecule has 114 valence electrons. The molecule has 0 amide bonds. The van der Waals surface area contributed by atoms with Gasteiger partial charge in [-0.25, -0.2) is 0 Å². The second-order valence-electron chi connectivity index (χ2n) is 4.32. The molecular weight excluding hydrogens is 303 g/mol. The number of aromatic nitrogens is 3. The van der Waals surface area contributed by atoms with Gasteiger partial charge in [-0.2, -0.15) is 13.2 Å². The first-order valence-corrected chi connectivity index (χ1v) is 7.27. The Morgan fingerprint density at radius 2 is 2.10 bits per heavy atom. The van der Waals surface area contributed by atoms with Crippen LogP contribution in [0.4, 0.5) is 13.2 Å². The number of hydrogen-bond acceptors (Lipinski definition) is 4. The third-order valence-electron chi connectivity index (χ3n) is 2.70. The number of benzene rings is 1. The Kier molecular flexibility index (Phi) is 5.24. The van der Waals surface area contributed by atoms with Crippen molar-refractivity contribution in [1.29, 1.82) is 0 Å². The summed E-state index contributed by atoms with van der Waals surface area (Å²) >= 11 is 1.33. The molecule has 1 heterocycles. The number of aliphatic hydroxyl groups excluding tert-OH is 1. The molecule has 21 heavy (non-hydrogen) atoms. The van der Waals surface area contributed by atoms with Crippen LogP contribution in [-0.4, -0.2) is 32.5 Å². The van der Waals surface area contributed by atoms with E-state index in [4.69, 9.17) is 5.11 Å². The fraction of sp³-hybridized carbons (Fsp3) is 0.385. The first kappa shape index (κ1) is 15.8. The Hall–Kier alpha value is -1.54. The molecule has 0 unspecified atom stereocenters. The number of hydrogen-bond donors (Lipinski definition) is 1. The molecular formula is C13H14F3N3OS. The van der Waals surface area contributed by atoms with Crippen LogP contribution in [0.25, 0.3) is 0 Å². The van der Waals surface area contributed by atoms with E-state index in [9.17, 15) is 13.2 Å². The monoisotopic (exact) mass is 317 g/mol. The van der Waals surface area contributed by atoms with Crippen molar-refractivity contribution in [2.24, 2.45) is 0 Å². The molecule has 0 spiro atoms. The van der Waals surface area contributed by atoms with Crippen molar-refractivity contribution in [3.05, 3.63) is 41.7 Å². The highest BCUT2D eigenvalue weighted by atomic mass is 32.2. The predicted molar refractivity (Wildman–Crippen MR) is 73.0 cm³/mol. The molecule has 1 N–H and O–H groups in total. The summed E-state index contributed by atoms with van der Waals surface area (Å²) < 4.78 is 39.4. The maximum atomic E-state index is 12.6. The zero-order chi connectivity index (χ0) is 15.3. The normalized spacial score (nSPS) is 11.8. The SMILES string of the molecule is OCCc1cn(CCSc2cccc(C(F)(F)F)c2)nn1. The molecule has 2 rings (SSSR count). The first-order valence-electron chi connectivity index (χ1n) is 6.29. The summed E-state index contributed by atoms with van der Waals surface area (Å²) in [5, 5.41) is 16.5. The highest BCUT2D eigenvalue weighted by Crippen LogP contribution is 2.31. The maximum Gasteiger partial charge on any atom is 0.416 e. The van der Waals surface area contributed by atoms with Crippen LogP contribution >= 0.6 is 11.8 Å². The van der Waals surface area contributed by atoms with E-state index < -0.39 is 11.7 Å². The van der Waals surface area contributed by atoms with Gasteiger partial charge in [0.1, 0.15) is 0 Å². The summed E-state index contributed by atoms with van der Waals surface area (Å²) in [7, 11) is 0. The van der Waals surface area contributed by atoms with E-state index in [1.54, 1.807) is 16.9 Å². The van der Waals surface area contributed by atoms with Gasteiger partial charge in [0.2, 0.25) is 0 Å². The van der Waals surface area contributed by atoms with E-state index in [2.05, 4.69) is 10.3 Å². The predicted octanol–water partition coefficient (Wildman–Crippen LogP) is 2.62. The average Bonchev–Trinajstić information content (AvgIpc) is 2.86. The molecule has 4 nitrogen and oxygen atoms in total. The van der Waals surface area contributed by atoms with Crippen LogP contribution in [0.15, 0.2) is 35.4 Å². The molecule has 0 bridgehead atoms. The van der Waals surface area contributed by atoms with Crippen LogP contribution in [0.5, 0.6) is 0 Å². The van der Waals surface area contributed by atoms with Gasteiger partial charge in [0.05, 0.1) is 17.8 Å². The lowest BCUT2D eigenvalue weighted by atomic mass is 10.2. The molecule has 0 aliphatic carbocycles. The molecule has 0 aliphatic heterocycles. The van der Waals surface area contributed by atoms with Gasteiger partial charge in [0.25, 0.3) is 0 Å². The van der Waals surface area contributed by atoms with E-state index in [0.717, 1.165) is 12.1 Å². The summed E-state index contributed by atoms with van der Waals surface area (Å²) in [6.07, 6.45) is -2.15. The van der Waals surface area contributed by atoms with E-state index in [1.165, 1.54) is 17.8 Å². The van der Waals surface area contributed by atoms with Crippen molar-refractivity contribution in [3.8, 4) is 0 Å². The lowest BCUT2D eigenvalue weighted by molar-refractivity contribution is -0.137.